The van der Waals surface area contributed by atoms with Gasteiger partial charge in [-0.05, 0) is 42.1 Å². The van der Waals surface area contributed by atoms with E-state index in [0.29, 0.717) is 5.17 Å². The number of hydrogen-bond acceptors (Lipinski definition) is 3. The molecule has 0 N–H and O–H groups in total. The molecule has 0 saturated carbocycles. The highest BCUT2D eigenvalue weighted by Gasteiger charge is 2.06. The van der Waals surface area contributed by atoms with Crippen molar-refractivity contribution in [3.8, 4) is 0 Å². The average molecular weight is 396 g/mol. The van der Waals surface area contributed by atoms with E-state index in [4.69, 9.17) is 17.0 Å². The van der Waals surface area contributed by atoms with E-state index in [-0.39, 0.29) is 0 Å². The minimum absolute atomic E-state index is 0.494. The summed E-state index contributed by atoms with van der Waals surface area (Å²) < 4.78 is 5.10. The molecule has 0 aliphatic carbocycles. The van der Waals surface area contributed by atoms with Crippen molar-refractivity contribution in [1.29, 1.82) is 0 Å². The Morgan fingerprint density at radius 1 is 0.923 bits per heavy atom. The van der Waals surface area contributed by atoms with Crippen LogP contribution in [0.1, 0.15) is 76.7 Å². The Morgan fingerprint density at radius 3 is 2.00 bits per heavy atom. The summed E-state index contributed by atoms with van der Waals surface area (Å²) in [6, 6.07) is 8.61. The molecule has 0 fully saturated rings. The van der Waals surface area contributed by atoms with Crippen molar-refractivity contribution >= 4 is 34.8 Å². The van der Waals surface area contributed by atoms with Gasteiger partial charge in [0.25, 0.3) is 5.17 Å². The molecule has 0 aromatic heterocycles. The lowest BCUT2D eigenvalue weighted by Gasteiger charge is -2.18. The fraction of sp³-hybridized carbons (Fsp3) is 0.682. The normalized spacial score (nSPS) is 10.7. The summed E-state index contributed by atoms with van der Waals surface area (Å²) >= 11 is 7.20. The Morgan fingerprint density at radius 2 is 1.46 bits per heavy atom. The molecular weight excluding hydrogens is 358 g/mol. The second-order valence-corrected chi connectivity index (χ2v) is 8.38. The molecule has 0 atom stereocenters. The second kappa shape index (κ2) is 15.3. The average Bonchev–Trinajstić information content (AvgIpc) is 2.68. The SMILES string of the molecule is CCCCCCCCCCCCSCc1ccc(N(C)C(=S)OC)cc1. The van der Waals surface area contributed by atoms with E-state index >= 15 is 0 Å². The summed E-state index contributed by atoms with van der Waals surface area (Å²) in [6.45, 7) is 2.28. The third-order valence-corrected chi connectivity index (χ3v) is 6.24. The highest BCUT2D eigenvalue weighted by Crippen LogP contribution is 2.19. The van der Waals surface area contributed by atoms with Crippen LogP contribution in [0.4, 0.5) is 5.69 Å². The lowest BCUT2D eigenvalue weighted by molar-refractivity contribution is 0.405. The summed E-state index contributed by atoms with van der Waals surface area (Å²) in [6.07, 6.45) is 14.1. The molecule has 1 aromatic carbocycles. The van der Waals surface area contributed by atoms with Crippen LogP contribution in [0.2, 0.25) is 0 Å². The zero-order chi connectivity index (χ0) is 19.0. The molecule has 0 heterocycles. The number of nitrogens with zero attached hydrogens (tertiary/aromatic N) is 1. The first kappa shape index (κ1) is 23.3. The topological polar surface area (TPSA) is 12.5 Å². The highest BCUT2D eigenvalue weighted by atomic mass is 32.2. The van der Waals surface area contributed by atoms with E-state index < -0.39 is 0 Å². The Bertz CT molecular complexity index is 476. The van der Waals surface area contributed by atoms with Gasteiger partial charge in [0.2, 0.25) is 0 Å². The van der Waals surface area contributed by atoms with Crippen LogP contribution in [-0.2, 0) is 10.5 Å². The molecule has 26 heavy (non-hydrogen) atoms. The predicted molar refractivity (Wildman–Crippen MR) is 122 cm³/mol. The quantitative estimate of drug-likeness (QED) is 0.243. The van der Waals surface area contributed by atoms with E-state index in [1.165, 1.54) is 75.5 Å². The van der Waals surface area contributed by atoms with Gasteiger partial charge < -0.3 is 9.64 Å². The van der Waals surface area contributed by atoms with Crippen molar-refractivity contribution in [2.45, 2.75) is 76.9 Å². The van der Waals surface area contributed by atoms with Crippen LogP contribution in [0.5, 0.6) is 0 Å². The van der Waals surface area contributed by atoms with Crippen LogP contribution in [0.15, 0.2) is 24.3 Å². The Kier molecular flexibility index (Phi) is 13.7. The standard InChI is InChI=1S/C22H37NOS2/c1-4-5-6-7-8-9-10-11-12-13-18-26-19-20-14-16-21(17-15-20)23(2)22(25)24-3/h14-17H,4-13,18-19H2,1-3H3. The van der Waals surface area contributed by atoms with Crippen LogP contribution in [0, 0.1) is 0 Å². The van der Waals surface area contributed by atoms with Gasteiger partial charge in [0.05, 0.1) is 7.11 Å². The summed E-state index contributed by atoms with van der Waals surface area (Å²) in [7, 11) is 3.54. The molecule has 0 aliphatic heterocycles. The first-order valence-electron chi connectivity index (χ1n) is 10.2. The molecule has 1 aromatic rings. The maximum atomic E-state index is 5.15. The van der Waals surface area contributed by atoms with Crippen molar-refractivity contribution in [1.82, 2.24) is 0 Å². The van der Waals surface area contributed by atoms with Crippen molar-refractivity contribution in [2.75, 3.05) is 24.8 Å². The zero-order valence-electron chi connectivity index (χ0n) is 17.0. The number of rotatable bonds is 14. The largest absolute Gasteiger partial charge is 0.474 e. The van der Waals surface area contributed by atoms with E-state index in [2.05, 4.69) is 31.2 Å². The van der Waals surface area contributed by atoms with E-state index in [1.807, 2.05) is 23.7 Å². The molecule has 0 radical (unpaired) electrons. The Hall–Kier alpha value is -0.740. The molecule has 1 rings (SSSR count). The number of methoxy groups -OCH3 is 1. The van der Waals surface area contributed by atoms with Crippen LogP contribution >= 0.6 is 24.0 Å². The van der Waals surface area contributed by atoms with Gasteiger partial charge in [-0.2, -0.15) is 11.8 Å². The van der Waals surface area contributed by atoms with Gasteiger partial charge in [-0.1, -0.05) is 76.8 Å². The third-order valence-electron chi connectivity index (χ3n) is 4.68. The second-order valence-electron chi connectivity index (χ2n) is 6.93. The third kappa shape index (κ3) is 10.4. The molecule has 4 heteroatoms. The predicted octanol–water partition coefficient (Wildman–Crippen LogP) is 7.21. The molecule has 2 nitrogen and oxygen atoms in total. The van der Waals surface area contributed by atoms with Crippen LogP contribution in [-0.4, -0.2) is 25.1 Å². The molecule has 0 unspecified atom stereocenters. The molecule has 0 bridgehead atoms. The van der Waals surface area contributed by atoms with Crippen LogP contribution < -0.4 is 4.90 Å². The number of thioether (sulfide) groups is 1. The molecule has 0 spiro atoms. The lowest BCUT2D eigenvalue weighted by atomic mass is 10.1. The summed E-state index contributed by atoms with van der Waals surface area (Å²) in [4.78, 5) is 1.88. The number of anilines is 1. The van der Waals surface area contributed by atoms with Gasteiger partial charge in [0.1, 0.15) is 0 Å². The van der Waals surface area contributed by atoms with Crippen molar-refractivity contribution in [3.63, 3.8) is 0 Å². The van der Waals surface area contributed by atoms with Crippen molar-refractivity contribution in [2.24, 2.45) is 0 Å². The summed E-state index contributed by atoms with van der Waals surface area (Å²) in [5.41, 5.74) is 2.45. The van der Waals surface area contributed by atoms with Gasteiger partial charge >= 0.3 is 0 Å². The van der Waals surface area contributed by atoms with E-state index in [1.54, 1.807) is 7.11 Å². The maximum absolute atomic E-state index is 5.15. The first-order valence-corrected chi connectivity index (χ1v) is 11.7. The summed E-state index contributed by atoms with van der Waals surface area (Å²) in [5.74, 6) is 2.36. The number of benzene rings is 1. The van der Waals surface area contributed by atoms with Gasteiger partial charge in [0, 0.05) is 18.5 Å². The van der Waals surface area contributed by atoms with Crippen LogP contribution in [0.3, 0.4) is 0 Å². The van der Waals surface area contributed by atoms with Gasteiger partial charge in [-0.25, -0.2) is 0 Å². The number of hydrogen-bond donors (Lipinski definition) is 0. The number of ether oxygens (including phenoxy) is 1. The number of thiocarbonyl (C=S) groups is 1. The first-order chi connectivity index (χ1) is 12.7. The zero-order valence-corrected chi connectivity index (χ0v) is 18.6. The Labute approximate surface area is 171 Å². The fourth-order valence-corrected chi connectivity index (χ4v) is 4.03. The van der Waals surface area contributed by atoms with E-state index in [0.717, 1.165) is 11.4 Å². The van der Waals surface area contributed by atoms with Gasteiger partial charge in [-0.15, -0.1) is 0 Å². The van der Waals surface area contributed by atoms with Crippen molar-refractivity contribution < 1.29 is 4.74 Å². The molecule has 0 saturated heterocycles. The minimum atomic E-state index is 0.494. The van der Waals surface area contributed by atoms with Crippen molar-refractivity contribution in [3.05, 3.63) is 29.8 Å². The fourth-order valence-electron chi connectivity index (χ4n) is 2.94. The smallest absolute Gasteiger partial charge is 0.263 e. The Balaban J connectivity index is 2.02. The molecular formula is C22H37NOS2. The number of unbranched alkanes of at least 4 members (excludes halogenated alkanes) is 9. The summed E-state index contributed by atoms with van der Waals surface area (Å²) in [5, 5.41) is 0.494. The van der Waals surface area contributed by atoms with E-state index in [9.17, 15) is 0 Å². The minimum Gasteiger partial charge on any atom is -0.474 e. The molecule has 0 aliphatic rings. The monoisotopic (exact) mass is 395 g/mol. The van der Waals surface area contributed by atoms with Crippen LogP contribution in [0.25, 0.3) is 0 Å². The maximum Gasteiger partial charge on any atom is 0.263 e. The molecule has 0 amide bonds. The lowest BCUT2D eigenvalue weighted by Crippen LogP contribution is -2.25. The van der Waals surface area contributed by atoms with Gasteiger partial charge in [0.15, 0.2) is 0 Å². The highest BCUT2D eigenvalue weighted by molar-refractivity contribution is 7.98. The molecule has 148 valence electrons. The van der Waals surface area contributed by atoms with Gasteiger partial charge in [-0.3, -0.25) is 0 Å².